The summed E-state index contributed by atoms with van der Waals surface area (Å²) in [7, 11) is -3.63. The Bertz CT molecular complexity index is 924. The average molecular weight is 391 g/mol. The van der Waals surface area contributed by atoms with Gasteiger partial charge in [0.1, 0.15) is 5.75 Å². The van der Waals surface area contributed by atoms with Crippen LogP contribution in [-0.2, 0) is 14.8 Å². The van der Waals surface area contributed by atoms with Gasteiger partial charge in [0.05, 0.1) is 9.82 Å². The van der Waals surface area contributed by atoms with Crippen LogP contribution in [0.1, 0.15) is 0 Å². The zero-order chi connectivity index (χ0) is 19.9. The first kappa shape index (κ1) is 20.1. The van der Waals surface area contributed by atoms with Crippen LogP contribution in [0.15, 0.2) is 66.1 Å². The van der Waals surface area contributed by atoms with E-state index in [9.17, 15) is 23.3 Å². The summed E-state index contributed by atoms with van der Waals surface area (Å²) in [5.41, 5.74) is 0.319. The van der Waals surface area contributed by atoms with Gasteiger partial charge in [-0.25, -0.2) is 13.1 Å². The summed E-state index contributed by atoms with van der Waals surface area (Å²) < 4.78 is 31.5. The summed E-state index contributed by atoms with van der Waals surface area (Å²) in [5, 5.41) is 13.1. The van der Waals surface area contributed by atoms with Gasteiger partial charge in [-0.2, -0.15) is 0 Å². The monoisotopic (exact) mass is 391 g/mol. The third kappa shape index (κ3) is 5.90. The van der Waals surface area contributed by atoms with Crippen molar-refractivity contribution in [3.63, 3.8) is 0 Å². The van der Waals surface area contributed by atoms with Crippen molar-refractivity contribution in [2.24, 2.45) is 0 Å². The van der Waals surface area contributed by atoms with Crippen LogP contribution >= 0.6 is 0 Å². The summed E-state index contributed by atoms with van der Waals surface area (Å²) in [6, 6.07) is 10.9. The Morgan fingerprint density at radius 1 is 1.15 bits per heavy atom. The molecule has 0 bridgehead atoms. The molecule has 1 amide bonds. The molecular formula is C17H17N3O6S. The Morgan fingerprint density at radius 3 is 2.33 bits per heavy atom. The molecule has 0 radical (unpaired) electrons. The number of hydrogen-bond acceptors (Lipinski definition) is 6. The number of hydrogen-bond donors (Lipinski definition) is 2. The SMILES string of the molecule is C=CCNS(=O)(=O)c1ccc(NC(=O)COc2ccc([N+](=O)[O-])cc2)cc1. The highest BCUT2D eigenvalue weighted by molar-refractivity contribution is 7.89. The molecule has 9 nitrogen and oxygen atoms in total. The number of carbonyl (C=O) groups is 1. The highest BCUT2D eigenvalue weighted by atomic mass is 32.2. The molecule has 0 spiro atoms. The molecule has 27 heavy (non-hydrogen) atoms. The highest BCUT2D eigenvalue weighted by Gasteiger charge is 2.13. The van der Waals surface area contributed by atoms with Crippen LogP contribution in [-0.4, -0.2) is 32.4 Å². The van der Waals surface area contributed by atoms with Crippen molar-refractivity contribution in [1.82, 2.24) is 4.72 Å². The third-order valence-corrected chi connectivity index (χ3v) is 4.72. The Morgan fingerprint density at radius 2 is 1.78 bits per heavy atom. The van der Waals surface area contributed by atoms with E-state index < -0.39 is 20.9 Å². The number of rotatable bonds is 9. The Balaban J connectivity index is 1.90. The minimum absolute atomic E-state index is 0.0597. The normalized spacial score (nSPS) is 10.8. The molecule has 0 aromatic heterocycles. The minimum Gasteiger partial charge on any atom is -0.484 e. The standard InChI is InChI=1S/C17H17N3O6S/c1-2-11-18-27(24,25)16-9-3-13(4-10-16)19-17(21)12-26-15-7-5-14(6-8-15)20(22)23/h2-10,18H,1,11-12H2,(H,19,21). The number of anilines is 1. The molecule has 0 unspecified atom stereocenters. The zero-order valence-corrected chi connectivity index (χ0v) is 14.9. The van der Waals surface area contributed by atoms with Gasteiger partial charge in [0, 0.05) is 24.4 Å². The molecule has 142 valence electrons. The molecule has 2 aromatic rings. The molecule has 0 atom stereocenters. The maximum Gasteiger partial charge on any atom is 0.269 e. The van der Waals surface area contributed by atoms with Crippen molar-refractivity contribution >= 4 is 27.3 Å². The van der Waals surface area contributed by atoms with Crippen molar-refractivity contribution < 1.29 is 22.9 Å². The van der Waals surface area contributed by atoms with E-state index in [1.807, 2.05) is 0 Å². The van der Waals surface area contributed by atoms with Crippen molar-refractivity contribution in [3.8, 4) is 5.75 Å². The van der Waals surface area contributed by atoms with Gasteiger partial charge in [-0.1, -0.05) is 6.08 Å². The van der Waals surface area contributed by atoms with E-state index in [4.69, 9.17) is 4.74 Å². The van der Waals surface area contributed by atoms with Crippen molar-refractivity contribution in [2.45, 2.75) is 4.90 Å². The number of ether oxygens (including phenoxy) is 1. The molecule has 0 aliphatic heterocycles. The van der Waals surface area contributed by atoms with Gasteiger partial charge in [0.15, 0.2) is 6.61 Å². The van der Waals surface area contributed by atoms with Crippen LogP contribution in [0.25, 0.3) is 0 Å². The highest BCUT2D eigenvalue weighted by Crippen LogP contribution is 2.17. The Hall–Kier alpha value is -3.24. The van der Waals surface area contributed by atoms with Gasteiger partial charge >= 0.3 is 0 Å². The molecule has 0 saturated carbocycles. The topological polar surface area (TPSA) is 128 Å². The summed E-state index contributed by atoms with van der Waals surface area (Å²) in [5.74, 6) is -0.153. The third-order valence-electron chi connectivity index (χ3n) is 3.28. The fourth-order valence-electron chi connectivity index (χ4n) is 1.98. The molecule has 10 heteroatoms. The quantitative estimate of drug-likeness (QED) is 0.383. The lowest BCUT2D eigenvalue weighted by Crippen LogP contribution is -2.23. The lowest BCUT2D eigenvalue weighted by atomic mass is 10.3. The number of nitro benzene ring substituents is 1. The van der Waals surface area contributed by atoms with Crippen LogP contribution in [0.5, 0.6) is 5.75 Å². The number of benzene rings is 2. The Kier molecular flexibility index (Phi) is 6.63. The first-order valence-electron chi connectivity index (χ1n) is 7.69. The molecule has 0 heterocycles. The number of carbonyl (C=O) groups excluding carboxylic acids is 1. The second kappa shape index (κ2) is 8.92. The van der Waals surface area contributed by atoms with E-state index in [2.05, 4.69) is 16.6 Å². The van der Waals surface area contributed by atoms with Crippen molar-refractivity contribution in [3.05, 3.63) is 71.3 Å². The molecule has 0 saturated heterocycles. The van der Waals surface area contributed by atoms with E-state index in [0.717, 1.165) is 0 Å². The summed E-state index contributed by atoms with van der Waals surface area (Å²) in [6.07, 6.45) is 1.43. The number of non-ortho nitro benzene ring substituents is 1. The predicted octanol–water partition coefficient (Wildman–Crippen LogP) is 2.08. The van der Waals surface area contributed by atoms with E-state index in [-0.39, 0.29) is 23.7 Å². The van der Waals surface area contributed by atoms with Gasteiger partial charge in [-0.3, -0.25) is 14.9 Å². The maximum absolute atomic E-state index is 11.9. The predicted molar refractivity (Wildman–Crippen MR) is 99.0 cm³/mol. The van der Waals surface area contributed by atoms with Gasteiger partial charge < -0.3 is 10.1 Å². The second-order valence-electron chi connectivity index (χ2n) is 5.25. The summed E-state index contributed by atoms with van der Waals surface area (Å²) in [4.78, 5) is 22.0. The van der Waals surface area contributed by atoms with Crippen molar-refractivity contribution in [1.29, 1.82) is 0 Å². The first-order valence-corrected chi connectivity index (χ1v) is 9.18. The molecule has 0 fully saturated rings. The molecule has 2 aromatic carbocycles. The molecular weight excluding hydrogens is 374 g/mol. The van der Waals surface area contributed by atoms with E-state index >= 15 is 0 Å². The smallest absolute Gasteiger partial charge is 0.269 e. The van der Waals surface area contributed by atoms with Gasteiger partial charge in [-0.15, -0.1) is 6.58 Å². The summed E-state index contributed by atoms with van der Waals surface area (Å²) in [6.45, 7) is 3.24. The van der Waals surface area contributed by atoms with Crippen LogP contribution < -0.4 is 14.8 Å². The molecule has 2 rings (SSSR count). The van der Waals surface area contributed by atoms with E-state index in [1.54, 1.807) is 0 Å². The number of nitrogens with zero attached hydrogens (tertiary/aromatic N) is 1. The number of amides is 1. The lowest BCUT2D eigenvalue weighted by Gasteiger charge is -2.09. The number of sulfonamides is 1. The van der Waals surface area contributed by atoms with Crippen LogP contribution in [0.2, 0.25) is 0 Å². The maximum atomic E-state index is 11.9. The average Bonchev–Trinajstić information content (AvgIpc) is 2.65. The van der Waals surface area contributed by atoms with Gasteiger partial charge in [-0.05, 0) is 36.4 Å². The number of nitro groups is 1. The lowest BCUT2D eigenvalue weighted by molar-refractivity contribution is -0.384. The summed E-state index contributed by atoms with van der Waals surface area (Å²) >= 11 is 0. The number of nitrogens with one attached hydrogen (secondary N) is 2. The van der Waals surface area contributed by atoms with Crippen LogP contribution in [0.4, 0.5) is 11.4 Å². The molecule has 0 aliphatic rings. The van der Waals surface area contributed by atoms with Crippen molar-refractivity contribution in [2.75, 3.05) is 18.5 Å². The fourth-order valence-corrected chi connectivity index (χ4v) is 2.98. The van der Waals surface area contributed by atoms with E-state index in [1.165, 1.54) is 54.6 Å². The van der Waals surface area contributed by atoms with E-state index in [0.29, 0.717) is 11.4 Å². The minimum atomic E-state index is -3.63. The van der Waals surface area contributed by atoms with Gasteiger partial charge in [0.2, 0.25) is 10.0 Å². The Labute approximate surface area is 155 Å². The largest absolute Gasteiger partial charge is 0.484 e. The van der Waals surface area contributed by atoms with Crippen LogP contribution in [0.3, 0.4) is 0 Å². The second-order valence-corrected chi connectivity index (χ2v) is 7.02. The zero-order valence-electron chi connectivity index (χ0n) is 14.1. The van der Waals surface area contributed by atoms with Crippen LogP contribution in [0, 0.1) is 10.1 Å². The first-order chi connectivity index (χ1) is 12.8. The fraction of sp³-hybridized carbons (Fsp3) is 0.118. The van der Waals surface area contributed by atoms with Gasteiger partial charge in [0.25, 0.3) is 11.6 Å². The molecule has 2 N–H and O–H groups in total. The molecule has 0 aliphatic carbocycles.